The van der Waals surface area contributed by atoms with E-state index in [4.69, 9.17) is 5.84 Å². The van der Waals surface area contributed by atoms with Crippen LogP contribution in [0.1, 0.15) is 12.8 Å². The molecule has 1 saturated carbocycles. The maximum absolute atomic E-state index is 13.0. The van der Waals surface area contributed by atoms with Crippen LogP contribution in [-0.4, -0.2) is 21.7 Å². The second-order valence-electron chi connectivity index (χ2n) is 4.76. The number of para-hydroxylation sites is 1. The van der Waals surface area contributed by atoms with Crippen LogP contribution in [0.15, 0.2) is 24.3 Å². The van der Waals surface area contributed by atoms with Crippen LogP contribution in [0.3, 0.4) is 0 Å². The normalized spacial score (nSPS) is 17.0. The molecular weight excluding hydrogens is 271 g/mol. The van der Waals surface area contributed by atoms with Crippen molar-refractivity contribution in [3.05, 3.63) is 24.3 Å². The summed E-state index contributed by atoms with van der Waals surface area (Å²) in [6.07, 6.45) is -4.23. The minimum absolute atomic E-state index is 0.0419. The Morgan fingerprint density at radius 3 is 2.45 bits per heavy atom. The molecule has 0 atom stereocenters. The summed E-state index contributed by atoms with van der Waals surface area (Å²) in [5.74, 6) is 5.46. The third-order valence-corrected chi connectivity index (χ3v) is 3.38. The van der Waals surface area contributed by atoms with E-state index in [9.17, 15) is 13.2 Å². The minimum Gasteiger partial charge on any atom is -0.356 e. The fourth-order valence-corrected chi connectivity index (χ4v) is 2.07. The molecule has 0 saturated heterocycles. The van der Waals surface area contributed by atoms with Crippen molar-refractivity contribution in [1.29, 1.82) is 0 Å². The number of halogens is 3. The summed E-state index contributed by atoms with van der Waals surface area (Å²) in [6.45, 7) is 0. The third kappa shape index (κ3) is 2.01. The van der Waals surface area contributed by atoms with Gasteiger partial charge in [-0.3, -0.25) is 5.43 Å². The Morgan fingerprint density at radius 2 is 1.85 bits per heavy atom. The SMILES string of the molecule is NNc1nc(NC2(C(F)(F)F)CC2)c2ccccc2n1. The van der Waals surface area contributed by atoms with Gasteiger partial charge in [0.15, 0.2) is 0 Å². The monoisotopic (exact) mass is 283 g/mol. The van der Waals surface area contributed by atoms with Gasteiger partial charge in [-0.05, 0) is 25.0 Å². The van der Waals surface area contributed by atoms with E-state index >= 15 is 0 Å². The van der Waals surface area contributed by atoms with Gasteiger partial charge in [-0.25, -0.2) is 10.8 Å². The Labute approximate surface area is 112 Å². The summed E-state index contributed by atoms with van der Waals surface area (Å²) in [7, 11) is 0. The summed E-state index contributed by atoms with van der Waals surface area (Å²) >= 11 is 0. The van der Waals surface area contributed by atoms with E-state index in [2.05, 4.69) is 20.7 Å². The first kappa shape index (κ1) is 12.9. The van der Waals surface area contributed by atoms with Gasteiger partial charge in [0.2, 0.25) is 5.95 Å². The van der Waals surface area contributed by atoms with E-state index in [1.165, 1.54) is 0 Å². The van der Waals surface area contributed by atoms with Gasteiger partial charge in [-0.2, -0.15) is 18.2 Å². The first-order valence-corrected chi connectivity index (χ1v) is 6.03. The summed E-state index contributed by atoms with van der Waals surface area (Å²) < 4.78 is 39.1. The van der Waals surface area contributed by atoms with E-state index < -0.39 is 11.7 Å². The van der Waals surface area contributed by atoms with Crippen LogP contribution in [0.4, 0.5) is 24.9 Å². The second kappa shape index (κ2) is 4.20. The molecule has 2 aromatic rings. The van der Waals surface area contributed by atoms with Crippen molar-refractivity contribution >= 4 is 22.7 Å². The molecule has 5 nitrogen and oxygen atoms in total. The van der Waals surface area contributed by atoms with Crippen molar-refractivity contribution in [2.24, 2.45) is 5.84 Å². The van der Waals surface area contributed by atoms with Crippen molar-refractivity contribution in [1.82, 2.24) is 9.97 Å². The zero-order chi connectivity index (χ0) is 14.4. The summed E-state index contributed by atoms with van der Waals surface area (Å²) in [5.41, 5.74) is 0.906. The molecule has 0 amide bonds. The van der Waals surface area contributed by atoms with Crippen molar-refractivity contribution < 1.29 is 13.2 Å². The number of nitrogen functional groups attached to an aromatic ring is 1. The van der Waals surface area contributed by atoms with Crippen molar-refractivity contribution in [3.8, 4) is 0 Å². The topological polar surface area (TPSA) is 75.9 Å². The number of aromatic nitrogens is 2. The molecule has 1 aliphatic carbocycles. The minimum atomic E-state index is -4.31. The molecule has 0 aliphatic heterocycles. The molecule has 1 heterocycles. The van der Waals surface area contributed by atoms with Crippen LogP contribution in [0, 0.1) is 0 Å². The summed E-state index contributed by atoms with van der Waals surface area (Å²) in [5, 5.41) is 3.05. The lowest BCUT2D eigenvalue weighted by Crippen LogP contribution is -2.39. The van der Waals surface area contributed by atoms with E-state index in [0.29, 0.717) is 10.9 Å². The van der Waals surface area contributed by atoms with Gasteiger partial charge in [-0.15, -0.1) is 0 Å². The van der Waals surface area contributed by atoms with Crippen LogP contribution in [0.2, 0.25) is 0 Å². The lowest BCUT2D eigenvalue weighted by molar-refractivity contribution is -0.151. The molecule has 1 fully saturated rings. The van der Waals surface area contributed by atoms with Crippen LogP contribution in [0.5, 0.6) is 0 Å². The Hall–Kier alpha value is -2.09. The van der Waals surface area contributed by atoms with Crippen LogP contribution in [-0.2, 0) is 0 Å². The standard InChI is InChI=1S/C12H12F3N5/c13-12(14,15)11(5-6-11)19-9-7-3-1-2-4-8(7)17-10(18-9)20-16/h1-4H,5-6,16H2,(H2,17,18,19,20). The molecule has 106 valence electrons. The molecule has 4 N–H and O–H groups in total. The smallest absolute Gasteiger partial charge is 0.356 e. The van der Waals surface area contributed by atoms with E-state index in [-0.39, 0.29) is 24.6 Å². The first-order valence-electron chi connectivity index (χ1n) is 6.03. The molecule has 0 radical (unpaired) electrons. The molecular formula is C12H12F3N5. The number of hydrogen-bond acceptors (Lipinski definition) is 5. The number of anilines is 2. The quantitative estimate of drug-likeness (QED) is 0.596. The highest BCUT2D eigenvalue weighted by atomic mass is 19.4. The number of nitrogens with two attached hydrogens (primary N) is 1. The molecule has 1 aromatic carbocycles. The van der Waals surface area contributed by atoms with Crippen molar-refractivity contribution in [3.63, 3.8) is 0 Å². The number of nitrogens with one attached hydrogen (secondary N) is 2. The van der Waals surface area contributed by atoms with Crippen molar-refractivity contribution in [2.75, 3.05) is 10.7 Å². The first-order chi connectivity index (χ1) is 9.45. The number of hydrogen-bond donors (Lipinski definition) is 3. The second-order valence-corrected chi connectivity index (χ2v) is 4.76. The molecule has 3 rings (SSSR count). The predicted octanol–water partition coefficient (Wildman–Crippen LogP) is 2.42. The summed E-state index contributed by atoms with van der Waals surface area (Å²) in [4.78, 5) is 8.10. The van der Waals surface area contributed by atoms with Gasteiger partial charge in [0, 0.05) is 5.39 Å². The zero-order valence-corrected chi connectivity index (χ0v) is 10.3. The highest BCUT2D eigenvalue weighted by Crippen LogP contribution is 2.51. The van der Waals surface area contributed by atoms with Crippen LogP contribution >= 0.6 is 0 Å². The van der Waals surface area contributed by atoms with Crippen LogP contribution in [0.25, 0.3) is 10.9 Å². The molecule has 1 aliphatic rings. The number of alkyl halides is 3. The maximum Gasteiger partial charge on any atom is 0.411 e. The number of rotatable bonds is 3. The lowest BCUT2D eigenvalue weighted by Gasteiger charge is -2.22. The molecule has 1 aromatic heterocycles. The average molecular weight is 283 g/mol. The maximum atomic E-state index is 13.0. The van der Waals surface area contributed by atoms with E-state index in [0.717, 1.165) is 0 Å². The fourth-order valence-electron chi connectivity index (χ4n) is 2.07. The molecule has 0 unspecified atom stereocenters. The fraction of sp³-hybridized carbons (Fsp3) is 0.333. The van der Waals surface area contributed by atoms with Gasteiger partial charge in [0.05, 0.1) is 5.52 Å². The molecule has 20 heavy (non-hydrogen) atoms. The lowest BCUT2D eigenvalue weighted by atomic mass is 10.2. The zero-order valence-electron chi connectivity index (χ0n) is 10.3. The third-order valence-electron chi connectivity index (χ3n) is 3.38. The molecule has 8 heteroatoms. The Kier molecular flexibility index (Phi) is 2.72. The average Bonchev–Trinajstić information content (AvgIpc) is 3.19. The van der Waals surface area contributed by atoms with Gasteiger partial charge < -0.3 is 5.32 Å². The number of benzene rings is 1. The van der Waals surface area contributed by atoms with Gasteiger partial charge in [-0.1, -0.05) is 12.1 Å². The Balaban J connectivity index is 2.07. The number of hydrazine groups is 1. The molecule has 0 bridgehead atoms. The molecule has 0 spiro atoms. The Morgan fingerprint density at radius 1 is 1.15 bits per heavy atom. The van der Waals surface area contributed by atoms with Gasteiger partial charge in [0.25, 0.3) is 0 Å². The Bertz CT molecular complexity index is 651. The number of nitrogens with zero attached hydrogens (tertiary/aromatic N) is 2. The van der Waals surface area contributed by atoms with Gasteiger partial charge in [0.1, 0.15) is 11.4 Å². The van der Waals surface area contributed by atoms with Gasteiger partial charge >= 0.3 is 6.18 Å². The largest absolute Gasteiger partial charge is 0.411 e. The number of fused-ring (bicyclic) bond motifs is 1. The predicted molar refractivity (Wildman–Crippen MR) is 69.0 cm³/mol. The van der Waals surface area contributed by atoms with Crippen molar-refractivity contribution in [2.45, 2.75) is 24.6 Å². The summed E-state index contributed by atoms with van der Waals surface area (Å²) in [6, 6.07) is 6.83. The van der Waals surface area contributed by atoms with Crippen LogP contribution < -0.4 is 16.6 Å². The van der Waals surface area contributed by atoms with E-state index in [1.54, 1.807) is 24.3 Å². The van der Waals surface area contributed by atoms with E-state index in [1.807, 2.05) is 0 Å². The highest BCUT2D eigenvalue weighted by Gasteiger charge is 2.63. The highest BCUT2D eigenvalue weighted by molar-refractivity contribution is 5.90.